The number of amides is 3. The summed E-state index contributed by atoms with van der Waals surface area (Å²) in [6, 6.07) is 15.3. The van der Waals surface area contributed by atoms with E-state index in [0.717, 1.165) is 5.56 Å². The second-order valence-corrected chi connectivity index (χ2v) is 12.2. The first-order chi connectivity index (χ1) is 20.8. The molecule has 2 fully saturated rings. The lowest BCUT2D eigenvalue weighted by molar-refractivity contribution is -0.147. The van der Waals surface area contributed by atoms with Crippen LogP contribution in [0.15, 0.2) is 78.9 Å². The van der Waals surface area contributed by atoms with E-state index in [4.69, 9.17) is 9.47 Å². The Morgan fingerprint density at radius 3 is 2.40 bits per heavy atom. The molecule has 9 heteroatoms. The van der Waals surface area contributed by atoms with Crippen molar-refractivity contribution in [3.63, 3.8) is 0 Å². The van der Waals surface area contributed by atoms with Gasteiger partial charge in [-0.3, -0.25) is 14.4 Å². The summed E-state index contributed by atoms with van der Waals surface area (Å²) in [7, 11) is 1.58. The first kappa shape index (κ1) is 29.1. The first-order valence-corrected chi connectivity index (χ1v) is 15.0. The number of carbonyl (C=O) groups excluding carboxylic acids is 3. The molecule has 2 aromatic rings. The van der Waals surface area contributed by atoms with Crippen molar-refractivity contribution in [2.75, 3.05) is 31.7 Å². The molecule has 6 atom stereocenters. The maximum absolute atomic E-state index is 14.6. The van der Waals surface area contributed by atoms with Crippen LogP contribution in [0.5, 0.6) is 5.75 Å². The molecule has 4 heterocycles. The van der Waals surface area contributed by atoms with E-state index in [0.29, 0.717) is 30.9 Å². The fraction of sp³-hybridized carbons (Fsp3) is 0.441. The SMILES string of the molecule is COc1ccc(N2CC=C[C@]34O[C@H]5C=CCN(Cc6ccccc6)C(=O)[C@H]5[C@H]3C(=O)N([C@@H](CO)CC(C)C)C4C2=O)cc1. The van der Waals surface area contributed by atoms with Crippen molar-refractivity contribution < 1.29 is 29.0 Å². The van der Waals surface area contributed by atoms with Gasteiger partial charge in [-0.1, -0.05) is 68.5 Å². The summed E-state index contributed by atoms with van der Waals surface area (Å²) in [6.07, 6.45) is 7.34. The van der Waals surface area contributed by atoms with Crippen molar-refractivity contribution in [2.24, 2.45) is 17.8 Å². The third-order valence-corrected chi connectivity index (χ3v) is 9.13. The molecule has 1 N–H and O–H groups in total. The number of aliphatic hydroxyl groups excluding tert-OH is 1. The predicted octanol–water partition coefficient (Wildman–Crippen LogP) is 3.18. The summed E-state index contributed by atoms with van der Waals surface area (Å²) < 4.78 is 12.1. The molecule has 0 aromatic heterocycles. The normalized spacial score (nSPS) is 29.0. The fourth-order valence-corrected chi connectivity index (χ4v) is 7.28. The number of ether oxygens (including phenoxy) is 2. The maximum atomic E-state index is 14.6. The van der Waals surface area contributed by atoms with Gasteiger partial charge in [-0.2, -0.15) is 0 Å². The molecule has 0 radical (unpaired) electrons. The highest BCUT2D eigenvalue weighted by molar-refractivity contribution is 6.06. The summed E-state index contributed by atoms with van der Waals surface area (Å²) in [6.45, 7) is 4.82. The number of carbonyl (C=O) groups is 3. The lowest BCUT2D eigenvalue weighted by Crippen LogP contribution is -2.58. The molecular formula is C34H39N3O6. The number of methoxy groups -OCH3 is 1. The first-order valence-electron chi connectivity index (χ1n) is 15.0. The van der Waals surface area contributed by atoms with Crippen LogP contribution in [0.25, 0.3) is 0 Å². The number of anilines is 1. The molecule has 0 bridgehead atoms. The molecule has 1 unspecified atom stereocenters. The number of aliphatic hydroxyl groups is 1. The van der Waals surface area contributed by atoms with E-state index in [1.807, 2.05) is 80.6 Å². The molecule has 43 heavy (non-hydrogen) atoms. The van der Waals surface area contributed by atoms with Crippen LogP contribution in [0.3, 0.4) is 0 Å². The van der Waals surface area contributed by atoms with Crippen molar-refractivity contribution in [3.8, 4) is 5.75 Å². The minimum atomic E-state index is -1.36. The van der Waals surface area contributed by atoms with E-state index >= 15 is 0 Å². The maximum Gasteiger partial charge on any atom is 0.253 e. The Bertz CT molecular complexity index is 1420. The number of hydrogen-bond acceptors (Lipinski definition) is 6. The Labute approximate surface area is 252 Å². The van der Waals surface area contributed by atoms with Crippen LogP contribution < -0.4 is 9.64 Å². The van der Waals surface area contributed by atoms with Crippen molar-refractivity contribution in [1.82, 2.24) is 9.80 Å². The zero-order valence-corrected chi connectivity index (χ0v) is 24.8. The third-order valence-electron chi connectivity index (χ3n) is 9.13. The highest BCUT2D eigenvalue weighted by atomic mass is 16.5. The number of benzene rings is 2. The van der Waals surface area contributed by atoms with Crippen LogP contribution in [0, 0.1) is 17.8 Å². The molecule has 9 nitrogen and oxygen atoms in total. The van der Waals surface area contributed by atoms with Crippen molar-refractivity contribution >= 4 is 23.4 Å². The predicted molar refractivity (Wildman–Crippen MR) is 161 cm³/mol. The topological polar surface area (TPSA) is 99.6 Å². The second-order valence-electron chi connectivity index (χ2n) is 12.2. The Hall–Kier alpha value is -3.95. The van der Waals surface area contributed by atoms with Gasteiger partial charge in [-0.15, -0.1) is 0 Å². The quantitative estimate of drug-likeness (QED) is 0.478. The molecule has 6 rings (SSSR count). The van der Waals surface area contributed by atoms with Gasteiger partial charge < -0.3 is 29.3 Å². The molecule has 0 aliphatic carbocycles. The number of rotatable bonds is 8. The van der Waals surface area contributed by atoms with Crippen LogP contribution in [0.1, 0.15) is 25.8 Å². The average Bonchev–Trinajstić information content (AvgIpc) is 3.34. The zero-order valence-electron chi connectivity index (χ0n) is 24.8. The molecule has 2 saturated heterocycles. The van der Waals surface area contributed by atoms with Crippen LogP contribution in [0.4, 0.5) is 5.69 Å². The van der Waals surface area contributed by atoms with Gasteiger partial charge in [0, 0.05) is 25.3 Å². The van der Waals surface area contributed by atoms with Gasteiger partial charge >= 0.3 is 0 Å². The second kappa shape index (κ2) is 11.6. The van der Waals surface area contributed by atoms with Gasteiger partial charge in [0.05, 0.1) is 37.7 Å². The Balaban J connectivity index is 1.42. The van der Waals surface area contributed by atoms with Crippen LogP contribution in [0.2, 0.25) is 0 Å². The van der Waals surface area contributed by atoms with E-state index in [1.54, 1.807) is 33.9 Å². The monoisotopic (exact) mass is 585 g/mol. The highest BCUT2D eigenvalue weighted by Crippen LogP contribution is 2.54. The van der Waals surface area contributed by atoms with Crippen molar-refractivity contribution in [1.29, 1.82) is 0 Å². The number of nitrogens with zero attached hydrogens (tertiary/aromatic N) is 3. The minimum Gasteiger partial charge on any atom is -0.497 e. The Morgan fingerprint density at radius 2 is 1.72 bits per heavy atom. The lowest BCUT2D eigenvalue weighted by atomic mass is 9.77. The Kier molecular flexibility index (Phi) is 7.87. The van der Waals surface area contributed by atoms with Crippen LogP contribution in [-0.4, -0.2) is 83.2 Å². The van der Waals surface area contributed by atoms with E-state index < -0.39 is 35.6 Å². The molecule has 4 aliphatic heterocycles. The molecule has 3 amide bonds. The number of fused-ring (bicyclic) bond motifs is 2. The van der Waals surface area contributed by atoms with E-state index in [2.05, 4.69) is 0 Å². The molecule has 226 valence electrons. The molecular weight excluding hydrogens is 546 g/mol. The lowest BCUT2D eigenvalue weighted by Gasteiger charge is -2.39. The smallest absolute Gasteiger partial charge is 0.253 e. The standard InChI is InChI=1S/C34H39N3O6/c1-22(2)19-25(21-38)37-30-33(41)36(24-12-14-26(42-3)15-13-24)18-8-16-34(30)29(32(37)40)28-27(43-34)11-7-17-35(31(28)39)20-23-9-5-4-6-10-23/h4-16,22,25,27-30,38H,17-21H2,1-3H3/t25-,27+,28-,29+,30?,34+/m1/s1. The Morgan fingerprint density at radius 1 is 0.977 bits per heavy atom. The highest BCUT2D eigenvalue weighted by Gasteiger charge is 2.72. The minimum absolute atomic E-state index is 0.160. The van der Waals surface area contributed by atoms with Crippen molar-refractivity contribution in [3.05, 3.63) is 84.5 Å². The van der Waals surface area contributed by atoms with E-state index in [-0.39, 0.29) is 36.8 Å². The summed E-state index contributed by atoms with van der Waals surface area (Å²) in [5, 5.41) is 10.6. The number of hydrogen-bond donors (Lipinski definition) is 1. The molecule has 2 aromatic carbocycles. The van der Waals surface area contributed by atoms with Gasteiger partial charge in [0.2, 0.25) is 11.8 Å². The van der Waals surface area contributed by atoms with Gasteiger partial charge in [0.15, 0.2) is 0 Å². The molecule has 4 aliphatic rings. The average molecular weight is 586 g/mol. The summed E-state index contributed by atoms with van der Waals surface area (Å²) in [5.74, 6) is -1.68. The van der Waals surface area contributed by atoms with Crippen LogP contribution in [-0.2, 0) is 25.7 Å². The van der Waals surface area contributed by atoms with Gasteiger partial charge in [0.1, 0.15) is 17.4 Å². The summed E-state index contributed by atoms with van der Waals surface area (Å²) in [5.41, 5.74) is 0.292. The van der Waals surface area contributed by atoms with Crippen molar-refractivity contribution in [2.45, 2.75) is 50.6 Å². The fourth-order valence-electron chi connectivity index (χ4n) is 7.28. The number of likely N-dealkylation sites (tertiary alicyclic amines) is 1. The van der Waals surface area contributed by atoms with E-state index in [9.17, 15) is 19.5 Å². The van der Waals surface area contributed by atoms with Gasteiger partial charge in [0.25, 0.3) is 5.91 Å². The third kappa shape index (κ3) is 4.94. The largest absolute Gasteiger partial charge is 0.497 e. The van der Waals surface area contributed by atoms with Gasteiger partial charge in [-0.25, -0.2) is 0 Å². The zero-order chi connectivity index (χ0) is 30.3. The molecule has 1 spiro atoms. The summed E-state index contributed by atoms with van der Waals surface area (Å²) in [4.78, 5) is 48.5. The molecule has 0 saturated carbocycles. The van der Waals surface area contributed by atoms with Gasteiger partial charge in [-0.05, 0) is 42.2 Å². The summed E-state index contributed by atoms with van der Waals surface area (Å²) >= 11 is 0. The van der Waals surface area contributed by atoms with E-state index in [1.165, 1.54) is 0 Å². The van der Waals surface area contributed by atoms with Crippen LogP contribution >= 0.6 is 0 Å².